The molecule has 1 saturated carbocycles. The summed E-state index contributed by atoms with van der Waals surface area (Å²) in [6.45, 7) is 3.48. The predicted octanol–water partition coefficient (Wildman–Crippen LogP) is 1.93. The number of amides is 1. The number of carbonyl (C=O) groups is 2. The minimum atomic E-state index is -1.18. The normalized spacial score (nSPS) is 17.7. The lowest BCUT2D eigenvalue weighted by molar-refractivity contribution is -0.144. The average molecular weight is 307 g/mol. The van der Waals surface area contributed by atoms with Gasteiger partial charge in [-0.2, -0.15) is 5.10 Å². The van der Waals surface area contributed by atoms with Gasteiger partial charge in [0.15, 0.2) is 0 Å². The highest BCUT2D eigenvalue weighted by atomic mass is 32.1. The molecule has 1 aliphatic carbocycles. The first-order valence-electron chi connectivity index (χ1n) is 6.82. The summed E-state index contributed by atoms with van der Waals surface area (Å²) in [6, 6.07) is 1.78. The minimum Gasteiger partial charge on any atom is -0.480 e. The van der Waals surface area contributed by atoms with Crippen LogP contribution in [0.15, 0.2) is 6.07 Å². The van der Waals surface area contributed by atoms with Crippen LogP contribution < -0.4 is 5.32 Å². The maximum absolute atomic E-state index is 12.4. The van der Waals surface area contributed by atoms with Gasteiger partial charge in [0.2, 0.25) is 0 Å². The molecule has 6 nitrogen and oxygen atoms in total. The van der Waals surface area contributed by atoms with E-state index in [0.29, 0.717) is 4.88 Å². The number of aryl methyl sites for hydroxylation is 2. The Morgan fingerprint density at radius 3 is 2.71 bits per heavy atom. The summed E-state index contributed by atoms with van der Waals surface area (Å²) in [6.07, 6.45) is 1.69. The smallest absolute Gasteiger partial charge is 0.329 e. The molecule has 0 bridgehead atoms. The molecule has 2 heterocycles. The summed E-state index contributed by atoms with van der Waals surface area (Å²) in [4.78, 5) is 25.3. The van der Waals surface area contributed by atoms with Crippen molar-refractivity contribution in [1.82, 2.24) is 15.1 Å². The number of fused-ring (bicyclic) bond motifs is 1. The summed E-state index contributed by atoms with van der Waals surface area (Å²) in [5.74, 6) is -1.28. The molecule has 1 amide bonds. The van der Waals surface area contributed by atoms with Crippen LogP contribution in [0.25, 0.3) is 10.2 Å². The van der Waals surface area contributed by atoms with Gasteiger partial charge >= 0.3 is 5.97 Å². The third-order valence-corrected chi connectivity index (χ3v) is 5.33. The maximum atomic E-state index is 12.4. The second-order valence-electron chi connectivity index (χ2n) is 5.77. The molecule has 1 atom stereocenters. The molecular formula is C14H17N3O3S. The number of hydrogen-bond donors (Lipinski definition) is 2. The van der Waals surface area contributed by atoms with Crippen LogP contribution in [0, 0.1) is 12.8 Å². The van der Waals surface area contributed by atoms with Gasteiger partial charge in [-0.3, -0.25) is 9.48 Å². The maximum Gasteiger partial charge on any atom is 0.329 e. The van der Waals surface area contributed by atoms with Gasteiger partial charge in [0.05, 0.1) is 10.6 Å². The highest BCUT2D eigenvalue weighted by molar-refractivity contribution is 7.20. The number of carbonyl (C=O) groups excluding carboxylic acids is 1. The molecule has 21 heavy (non-hydrogen) atoms. The number of nitrogens with one attached hydrogen (secondary N) is 1. The monoisotopic (exact) mass is 307 g/mol. The Balaban J connectivity index is 1.90. The molecule has 0 radical (unpaired) electrons. The van der Waals surface area contributed by atoms with Crippen LogP contribution in [0.3, 0.4) is 0 Å². The second kappa shape index (κ2) is 4.56. The molecule has 0 aliphatic heterocycles. The molecule has 0 aromatic carbocycles. The van der Waals surface area contributed by atoms with E-state index in [-0.39, 0.29) is 11.8 Å². The molecule has 2 aromatic heterocycles. The van der Waals surface area contributed by atoms with Crippen molar-refractivity contribution in [3.05, 3.63) is 16.6 Å². The first-order valence-corrected chi connectivity index (χ1v) is 7.63. The number of hydrogen-bond acceptors (Lipinski definition) is 4. The molecule has 112 valence electrons. The fourth-order valence-electron chi connectivity index (χ4n) is 2.61. The minimum absolute atomic E-state index is 0.0248. The summed E-state index contributed by atoms with van der Waals surface area (Å²) in [5.41, 5.74) is -0.313. The molecule has 3 rings (SSSR count). The van der Waals surface area contributed by atoms with Crippen LogP contribution in [0.2, 0.25) is 0 Å². The summed E-state index contributed by atoms with van der Waals surface area (Å²) >= 11 is 1.33. The Hall–Kier alpha value is -1.89. The highest BCUT2D eigenvalue weighted by Crippen LogP contribution is 2.40. The average Bonchev–Trinajstić information content (AvgIpc) is 3.10. The Kier molecular flexibility index (Phi) is 3.05. The van der Waals surface area contributed by atoms with Gasteiger partial charge < -0.3 is 10.4 Å². The van der Waals surface area contributed by atoms with E-state index in [1.165, 1.54) is 11.3 Å². The van der Waals surface area contributed by atoms with Crippen molar-refractivity contribution in [1.29, 1.82) is 0 Å². The van der Waals surface area contributed by atoms with Crippen LogP contribution in [0.5, 0.6) is 0 Å². The molecular weight excluding hydrogens is 290 g/mol. The Bertz CT molecular complexity index is 710. The van der Waals surface area contributed by atoms with E-state index in [9.17, 15) is 14.7 Å². The van der Waals surface area contributed by atoms with Crippen LogP contribution in [-0.2, 0) is 11.8 Å². The Morgan fingerprint density at radius 1 is 1.52 bits per heavy atom. The van der Waals surface area contributed by atoms with E-state index >= 15 is 0 Å². The summed E-state index contributed by atoms with van der Waals surface area (Å²) in [7, 11) is 1.83. The molecule has 0 saturated heterocycles. The molecule has 1 fully saturated rings. The van der Waals surface area contributed by atoms with Crippen molar-refractivity contribution in [2.24, 2.45) is 13.0 Å². The molecule has 7 heteroatoms. The molecule has 0 spiro atoms. The van der Waals surface area contributed by atoms with Crippen molar-refractivity contribution < 1.29 is 14.7 Å². The van der Waals surface area contributed by atoms with E-state index in [1.807, 2.05) is 14.0 Å². The third kappa shape index (κ3) is 2.21. The number of aliphatic carboxylic acids is 1. The van der Waals surface area contributed by atoms with E-state index in [2.05, 4.69) is 10.4 Å². The number of aromatic nitrogens is 2. The Morgan fingerprint density at radius 2 is 2.19 bits per heavy atom. The van der Waals surface area contributed by atoms with Crippen LogP contribution >= 0.6 is 11.3 Å². The molecule has 2 aromatic rings. The molecule has 1 aliphatic rings. The first-order chi connectivity index (χ1) is 9.83. The van der Waals surface area contributed by atoms with Crippen molar-refractivity contribution in [2.45, 2.75) is 32.2 Å². The topological polar surface area (TPSA) is 84.2 Å². The van der Waals surface area contributed by atoms with Crippen LogP contribution in [0.4, 0.5) is 0 Å². The lowest BCUT2D eigenvalue weighted by Gasteiger charge is -2.25. The highest BCUT2D eigenvalue weighted by Gasteiger charge is 2.48. The number of nitrogens with zero attached hydrogens (tertiary/aromatic N) is 2. The van der Waals surface area contributed by atoms with Gasteiger partial charge in [-0.1, -0.05) is 0 Å². The standard InChI is InChI=1S/C14H17N3O3S/c1-7-9-6-10(21-12(9)17(3)16-7)11(18)15-14(2,13(19)20)8-4-5-8/h6,8H,4-5H2,1-3H3,(H,15,18)(H,19,20). The number of thiophene rings is 1. The predicted molar refractivity (Wildman–Crippen MR) is 79.6 cm³/mol. The van der Waals surface area contributed by atoms with Crippen molar-refractivity contribution in [3.63, 3.8) is 0 Å². The van der Waals surface area contributed by atoms with Gasteiger partial charge in [0, 0.05) is 12.4 Å². The summed E-state index contributed by atoms with van der Waals surface area (Å²) < 4.78 is 1.74. The Labute approximate surface area is 125 Å². The van der Waals surface area contributed by atoms with Gasteiger partial charge in [0.1, 0.15) is 10.4 Å². The largest absolute Gasteiger partial charge is 0.480 e. The van der Waals surface area contributed by atoms with Crippen LogP contribution in [-0.4, -0.2) is 32.3 Å². The summed E-state index contributed by atoms with van der Waals surface area (Å²) in [5, 5.41) is 17.3. The molecule has 2 N–H and O–H groups in total. The fourth-order valence-corrected chi connectivity index (χ4v) is 3.62. The lowest BCUT2D eigenvalue weighted by Crippen LogP contribution is -2.53. The zero-order valence-corrected chi connectivity index (χ0v) is 13.0. The van der Waals surface area contributed by atoms with Gasteiger partial charge in [-0.25, -0.2) is 4.79 Å². The van der Waals surface area contributed by atoms with Gasteiger partial charge in [0.25, 0.3) is 5.91 Å². The quantitative estimate of drug-likeness (QED) is 0.904. The van der Waals surface area contributed by atoms with Crippen LogP contribution in [0.1, 0.15) is 35.1 Å². The van der Waals surface area contributed by atoms with E-state index in [4.69, 9.17) is 0 Å². The van der Waals surface area contributed by atoms with Crippen molar-refractivity contribution in [3.8, 4) is 0 Å². The number of carboxylic acids is 1. The van der Waals surface area contributed by atoms with Crippen molar-refractivity contribution >= 4 is 33.4 Å². The van der Waals surface area contributed by atoms with Crippen molar-refractivity contribution in [2.75, 3.05) is 0 Å². The van der Waals surface area contributed by atoms with E-state index < -0.39 is 11.5 Å². The molecule has 1 unspecified atom stereocenters. The zero-order chi connectivity index (χ0) is 15.4. The first kappa shape index (κ1) is 14.1. The second-order valence-corrected chi connectivity index (χ2v) is 6.81. The zero-order valence-electron chi connectivity index (χ0n) is 12.1. The van der Waals surface area contributed by atoms with E-state index in [1.54, 1.807) is 17.7 Å². The fraction of sp³-hybridized carbons (Fsp3) is 0.500. The van der Waals surface area contributed by atoms with E-state index in [0.717, 1.165) is 28.8 Å². The third-order valence-electron chi connectivity index (χ3n) is 4.13. The number of carboxylic acid groups (broad SMARTS) is 1. The van der Waals surface area contributed by atoms with Gasteiger partial charge in [-0.05, 0) is 38.7 Å². The van der Waals surface area contributed by atoms with Gasteiger partial charge in [-0.15, -0.1) is 11.3 Å². The number of rotatable bonds is 4. The SMILES string of the molecule is Cc1nn(C)c2sc(C(=O)NC(C)(C(=O)O)C3CC3)cc12. The lowest BCUT2D eigenvalue weighted by atomic mass is 9.96.